The highest BCUT2D eigenvalue weighted by Crippen LogP contribution is 2.38. The molecule has 0 unspecified atom stereocenters. The van der Waals surface area contributed by atoms with Crippen molar-refractivity contribution in [3.63, 3.8) is 0 Å². The van der Waals surface area contributed by atoms with E-state index in [1.165, 1.54) is 29.7 Å². The Hall–Kier alpha value is -3.59. The first-order chi connectivity index (χ1) is 15.7. The first kappa shape index (κ1) is 22.6. The Balaban J connectivity index is 1.74. The van der Waals surface area contributed by atoms with Gasteiger partial charge in [-0.05, 0) is 67.4 Å². The van der Waals surface area contributed by atoms with E-state index in [4.69, 9.17) is 4.42 Å². The number of alkyl halides is 3. The van der Waals surface area contributed by atoms with Crippen LogP contribution in [-0.4, -0.2) is 10.9 Å². The quantitative estimate of drug-likeness (QED) is 0.324. The largest absolute Gasteiger partial charge is 0.459 e. The molecule has 0 saturated carbocycles. The number of thiophene rings is 1. The normalized spacial score (nSPS) is 12.4. The molecule has 0 saturated heterocycles. The Morgan fingerprint density at radius 3 is 2.48 bits per heavy atom. The summed E-state index contributed by atoms with van der Waals surface area (Å²) in [6, 6.07) is 13.2. The van der Waals surface area contributed by atoms with Crippen molar-refractivity contribution in [1.29, 1.82) is 0 Å². The van der Waals surface area contributed by atoms with Gasteiger partial charge < -0.3 is 15.1 Å². The van der Waals surface area contributed by atoms with E-state index in [0.717, 1.165) is 22.6 Å². The summed E-state index contributed by atoms with van der Waals surface area (Å²) in [7, 11) is 0. The van der Waals surface area contributed by atoms with Crippen molar-refractivity contribution in [2.24, 2.45) is 0 Å². The number of rotatable bonds is 6. The van der Waals surface area contributed by atoms with E-state index in [1.54, 1.807) is 18.3 Å². The molecule has 0 radical (unpaired) electrons. The van der Waals surface area contributed by atoms with Gasteiger partial charge in [-0.25, -0.2) is 4.98 Å². The van der Waals surface area contributed by atoms with Crippen LogP contribution in [0.5, 0.6) is 0 Å². The van der Waals surface area contributed by atoms with Gasteiger partial charge in [-0.3, -0.25) is 4.79 Å². The van der Waals surface area contributed by atoms with Crippen molar-refractivity contribution in [3.05, 3.63) is 99.9 Å². The molecule has 5 nitrogen and oxygen atoms in total. The standard InChI is InChI=1S/C24H20F3N3O2S/c1-14-9-10-28-20(12-14)29-21(16-5-7-17(8-6-16)24(25,26)27)18-13-15(2)33-23(18)30-22(31)19-4-3-11-32-19/h3-13,21H,1-2H3,(H,28,29)(H,30,31)/t21-/m0/s1. The smallest absolute Gasteiger partial charge is 0.416 e. The van der Waals surface area contributed by atoms with Gasteiger partial charge >= 0.3 is 6.18 Å². The van der Waals surface area contributed by atoms with E-state index in [0.29, 0.717) is 21.9 Å². The van der Waals surface area contributed by atoms with Gasteiger partial charge in [0.15, 0.2) is 5.76 Å². The van der Waals surface area contributed by atoms with Crippen molar-refractivity contribution in [3.8, 4) is 0 Å². The number of aryl methyl sites for hydroxylation is 2. The molecule has 0 fully saturated rings. The van der Waals surface area contributed by atoms with Gasteiger partial charge in [-0.2, -0.15) is 13.2 Å². The van der Waals surface area contributed by atoms with Crippen molar-refractivity contribution >= 4 is 28.1 Å². The maximum absolute atomic E-state index is 13.1. The highest BCUT2D eigenvalue weighted by atomic mass is 32.1. The predicted molar refractivity (Wildman–Crippen MR) is 122 cm³/mol. The molecule has 0 aliphatic rings. The Morgan fingerprint density at radius 1 is 1.09 bits per heavy atom. The van der Waals surface area contributed by atoms with E-state index >= 15 is 0 Å². The van der Waals surface area contributed by atoms with Crippen molar-refractivity contribution in [2.75, 3.05) is 10.6 Å². The fourth-order valence-electron chi connectivity index (χ4n) is 3.39. The van der Waals surface area contributed by atoms with Gasteiger partial charge in [-0.15, -0.1) is 11.3 Å². The lowest BCUT2D eigenvalue weighted by Gasteiger charge is -2.22. The number of amides is 1. The number of nitrogens with zero attached hydrogens (tertiary/aromatic N) is 1. The molecule has 33 heavy (non-hydrogen) atoms. The lowest BCUT2D eigenvalue weighted by molar-refractivity contribution is -0.137. The van der Waals surface area contributed by atoms with Crippen LogP contribution in [0.1, 0.15) is 43.7 Å². The van der Waals surface area contributed by atoms with Gasteiger partial charge in [0.25, 0.3) is 5.91 Å². The Kier molecular flexibility index (Phi) is 6.24. The first-order valence-electron chi connectivity index (χ1n) is 10.0. The summed E-state index contributed by atoms with van der Waals surface area (Å²) in [6.45, 7) is 3.81. The number of aromatic nitrogens is 1. The number of nitrogens with one attached hydrogen (secondary N) is 2. The molecule has 0 bridgehead atoms. The average Bonchev–Trinajstić information content (AvgIpc) is 3.42. The first-order valence-corrected chi connectivity index (χ1v) is 10.8. The van der Waals surface area contributed by atoms with Crippen LogP contribution in [0.25, 0.3) is 0 Å². The van der Waals surface area contributed by atoms with Gasteiger partial charge in [0.1, 0.15) is 10.8 Å². The van der Waals surface area contributed by atoms with Crippen LogP contribution in [0, 0.1) is 13.8 Å². The molecule has 4 rings (SSSR count). The number of furan rings is 1. The molecule has 9 heteroatoms. The summed E-state index contributed by atoms with van der Waals surface area (Å²) in [6.07, 6.45) is -1.37. The summed E-state index contributed by atoms with van der Waals surface area (Å²) in [5.41, 5.74) is 1.55. The SMILES string of the molecule is Cc1ccnc(N[C@@H](c2ccc(C(F)(F)F)cc2)c2cc(C)sc2NC(=O)c2ccco2)c1. The van der Waals surface area contributed by atoms with E-state index < -0.39 is 23.7 Å². The molecular formula is C24H20F3N3O2S. The molecule has 4 aromatic rings. The number of halogens is 3. The number of hydrogen-bond acceptors (Lipinski definition) is 5. The van der Waals surface area contributed by atoms with E-state index in [1.807, 2.05) is 32.0 Å². The number of carbonyl (C=O) groups is 1. The predicted octanol–water partition coefficient (Wildman–Crippen LogP) is 6.83. The Bertz CT molecular complexity index is 1250. The molecule has 170 valence electrons. The molecule has 1 aromatic carbocycles. The second-order valence-electron chi connectivity index (χ2n) is 7.49. The van der Waals surface area contributed by atoms with Gasteiger partial charge in [0, 0.05) is 16.6 Å². The third-order valence-corrected chi connectivity index (χ3v) is 5.93. The molecule has 1 amide bonds. The number of pyridine rings is 1. The van der Waals surface area contributed by atoms with Gasteiger partial charge in [0.2, 0.25) is 0 Å². The van der Waals surface area contributed by atoms with Crippen molar-refractivity contribution < 1.29 is 22.4 Å². The fourth-order valence-corrected chi connectivity index (χ4v) is 4.33. The lowest BCUT2D eigenvalue weighted by Crippen LogP contribution is -2.17. The third-order valence-electron chi connectivity index (χ3n) is 4.95. The average molecular weight is 472 g/mol. The van der Waals surface area contributed by atoms with Crippen LogP contribution in [-0.2, 0) is 6.18 Å². The molecule has 0 aliphatic heterocycles. The van der Waals surface area contributed by atoms with Crippen LogP contribution < -0.4 is 10.6 Å². The van der Waals surface area contributed by atoms with Gasteiger partial charge in [-0.1, -0.05) is 12.1 Å². The molecular weight excluding hydrogens is 451 g/mol. The van der Waals surface area contributed by atoms with E-state index in [2.05, 4.69) is 15.6 Å². The topological polar surface area (TPSA) is 67.2 Å². The molecule has 3 heterocycles. The number of hydrogen-bond donors (Lipinski definition) is 2. The lowest BCUT2D eigenvalue weighted by atomic mass is 9.98. The monoisotopic (exact) mass is 471 g/mol. The molecule has 1 atom stereocenters. The van der Waals surface area contributed by atoms with Crippen LogP contribution in [0.3, 0.4) is 0 Å². The molecule has 2 N–H and O–H groups in total. The Morgan fingerprint density at radius 2 is 1.85 bits per heavy atom. The Labute approximate surface area is 192 Å². The summed E-state index contributed by atoms with van der Waals surface area (Å²) in [4.78, 5) is 17.9. The van der Waals surface area contributed by atoms with Crippen molar-refractivity contribution in [2.45, 2.75) is 26.1 Å². The fraction of sp³-hybridized carbons (Fsp3) is 0.167. The minimum absolute atomic E-state index is 0.159. The summed E-state index contributed by atoms with van der Waals surface area (Å²) in [5.74, 6) is 0.307. The van der Waals surface area contributed by atoms with Crippen LogP contribution in [0.2, 0.25) is 0 Å². The zero-order valence-corrected chi connectivity index (χ0v) is 18.6. The third kappa shape index (κ3) is 5.25. The zero-order valence-electron chi connectivity index (χ0n) is 17.7. The summed E-state index contributed by atoms with van der Waals surface area (Å²) < 4.78 is 44.5. The molecule has 0 aliphatic carbocycles. The maximum atomic E-state index is 13.1. The van der Waals surface area contributed by atoms with E-state index in [-0.39, 0.29) is 5.76 Å². The minimum Gasteiger partial charge on any atom is -0.459 e. The molecule has 3 aromatic heterocycles. The highest BCUT2D eigenvalue weighted by molar-refractivity contribution is 7.16. The van der Waals surface area contributed by atoms with E-state index in [9.17, 15) is 18.0 Å². The summed E-state index contributed by atoms with van der Waals surface area (Å²) >= 11 is 1.37. The van der Waals surface area contributed by atoms with Crippen LogP contribution in [0.4, 0.5) is 24.0 Å². The molecule has 0 spiro atoms. The number of anilines is 2. The summed E-state index contributed by atoms with van der Waals surface area (Å²) in [5, 5.41) is 6.74. The number of carbonyl (C=O) groups excluding carboxylic acids is 1. The number of benzene rings is 1. The minimum atomic E-state index is -4.43. The van der Waals surface area contributed by atoms with Gasteiger partial charge in [0.05, 0.1) is 17.9 Å². The van der Waals surface area contributed by atoms with Crippen LogP contribution in [0.15, 0.2) is 71.5 Å². The second-order valence-corrected chi connectivity index (χ2v) is 8.74. The van der Waals surface area contributed by atoms with Crippen LogP contribution >= 0.6 is 11.3 Å². The maximum Gasteiger partial charge on any atom is 0.416 e. The second kappa shape index (κ2) is 9.11. The van der Waals surface area contributed by atoms with Crippen molar-refractivity contribution in [1.82, 2.24) is 4.98 Å². The highest BCUT2D eigenvalue weighted by Gasteiger charge is 2.31. The zero-order chi connectivity index (χ0) is 23.6.